The molecule has 0 N–H and O–H groups in total. The van der Waals surface area contributed by atoms with Crippen molar-refractivity contribution >= 4 is 0 Å². The standard InChI is InChI=1S/C9H8F2/c10-9(11)7-5-3-1-2-4-6-8-9/h1-8H/b3-1-,4-2+,7-5?,8-6-. The lowest BCUT2D eigenvalue weighted by Gasteiger charge is -2.02. The van der Waals surface area contributed by atoms with Crippen molar-refractivity contribution in [3.8, 4) is 0 Å². The lowest BCUT2D eigenvalue weighted by Crippen LogP contribution is -2.05. The van der Waals surface area contributed by atoms with Gasteiger partial charge in [0, 0.05) is 0 Å². The van der Waals surface area contributed by atoms with E-state index in [1.165, 1.54) is 12.2 Å². The number of halogens is 2. The molecule has 0 aromatic rings. The average molecular weight is 154 g/mol. The Labute approximate surface area is 64.2 Å². The van der Waals surface area contributed by atoms with Crippen LogP contribution in [0.2, 0.25) is 0 Å². The average Bonchev–Trinajstić information content (AvgIpc) is 2.00. The van der Waals surface area contributed by atoms with Crippen LogP contribution in [-0.2, 0) is 0 Å². The minimum absolute atomic E-state index is 0.854. The molecule has 0 unspecified atom stereocenters. The summed E-state index contributed by atoms with van der Waals surface area (Å²) in [6.07, 6.45) is 10.9. The zero-order valence-corrected chi connectivity index (χ0v) is 5.87. The first-order valence-corrected chi connectivity index (χ1v) is 3.29. The molecular weight excluding hydrogens is 146 g/mol. The molecular formula is C9H8F2. The summed E-state index contributed by atoms with van der Waals surface area (Å²) in [5.74, 6) is -2.82. The molecule has 1 rings (SSSR count). The van der Waals surface area contributed by atoms with Gasteiger partial charge in [0.1, 0.15) is 0 Å². The quantitative estimate of drug-likeness (QED) is 0.503. The molecule has 0 fully saturated rings. The molecule has 0 bridgehead atoms. The van der Waals surface area contributed by atoms with Crippen LogP contribution in [0.3, 0.4) is 0 Å². The first-order chi connectivity index (χ1) is 5.21. The fourth-order valence-electron chi connectivity index (χ4n) is 0.680. The summed E-state index contributed by atoms with van der Waals surface area (Å²) < 4.78 is 25.2. The van der Waals surface area contributed by atoms with Gasteiger partial charge in [0.2, 0.25) is 0 Å². The topological polar surface area (TPSA) is 0 Å². The SMILES string of the molecule is FC1(F)C=C\C=C/C=C/C=C\1. The monoisotopic (exact) mass is 154 g/mol. The van der Waals surface area contributed by atoms with Gasteiger partial charge in [-0.2, -0.15) is 8.78 Å². The first-order valence-electron chi connectivity index (χ1n) is 3.29. The number of hydrogen-bond donors (Lipinski definition) is 0. The van der Waals surface area contributed by atoms with Gasteiger partial charge in [-0.05, 0) is 12.2 Å². The van der Waals surface area contributed by atoms with E-state index in [1.54, 1.807) is 24.3 Å². The van der Waals surface area contributed by atoms with Gasteiger partial charge in [-0.3, -0.25) is 0 Å². The van der Waals surface area contributed by atoms with E-state index >= 15 is 0 Å². The van der Waals surface area contributed by atoms with Crippen LogP contribution in [0.25, 0.3) is 0 Å². The third-order valence-corrected chi connectivity index (χ3v) is 1.19. The van der Waals surface area contributed by atoms with Gasteiger partial charge in [0.25, 0.3) is 5.92 Å². The largest absolute Gasteiger partial charge is 0.285 e. The molecule has 1 aliphatic carbocycles. The second kappa shape index (κ2) is 3.28. The van der Waals surface area contributed by atoms with Crippen molar-refractivity contribution in [1.29, 1.82) is 0 Å². The maximum Gasteiger partial charge on any atom is 0.285 e. The van der Waals surface area contributed by atoms with Crippen LogP contribution in [0, 0.1) is 0 Å². The summed E-state index contributed by atoms with van der Waals surface area (Å²) in [6, 6.07) is 0. The van der Waals surface area contributed by atoms with E-state index in [9.17, 15) is 8.78 Å². The molecule has 0 aliphatic heterocycles. The maximum absolute atomic E-state index is 12.6. The van der Waals surface area contributed by atoms with Crippen LogP contribution >= 0.6 is 0 Å². The first kappa shape index (κ1) is 7.92. The molecule has 0 spiro atoms. The van der Waals surface area contributed by atoms with Crippen molar-refractivity contribution in [3.05, 3.63) is 48.6 Å². The Morgan fingerprint density at radius 2 is 1.00 bits per heavy atom. The highest BCUT2D eigenvalue weighted by Crippen LogP contribution is 2.17. The minimum Gasteiger partial charge on any atom is -0.197 e. The van der Waals surface area contributed by atoms with Gasteiger partial charge in [-0.15, -0.1) is 0 Å². The molecule has 58 valence electrons. The Hall–Kier alpha value is -1.18. The van der Waals surface area contributed by atoms with Crippen molar-refractivity contribution in [1.82, 2.24) is 0 Å². The Morgan fingerprint density at radius 3 is 1.45 bits per heavy atom. The molecule has 11 heavy (non-hydrogen) atoms. The number of hydrogen-bond acceptors (Lipinski definition) is 0. The van der Waals surface area contributed by atoms with Crippen LogP contribution in [0.1, 0.15) is 0 Å². The summed E-state index contributed by atoms with van der Waals surface area (Å²) in [7, 11) is 0. The van der Waals surface area contributed by atoms with Gasteiger partial charge < -0.3 is 0 Å². The van der Waals surface area contributed by atoms with E-state index in [4.69, 9.17) is 0 Å². The lowest BCUT2D eigenvalue weighted by molar-refractivity contribution is 0.111. The predicted molar refractivity (Wildman–Crippen MR) is 41.5 cm³/mol. The number of alkyl halides is 2. The Balaban J connectivity index is 2.86. The molecule has 0 radical (unpaired) electrons. The van der Waals surface area contributed by atoms with Crippen molar-refractivity contribution in [3.63, 3.8) is 0 Å². The van der Waals surface area contributed by atoms with E-state index in [2.05, 4.69) is 0 Å². The van der Waals surface area contributed by atoms with E-state index < -0.39 is 5.92 Å². The van der Waals surface area contributed by atoms with Gasteiger partial charge in [-0.1, -0.05) is 36.5 Å². The maximum atomic E-state index is 12.6. The molecule has 0 aromatic carbocycles. The zero-order valence-electron chi connectivity index (χ0n) is 5.87. The highest BCUT2D eigenvalue weighted by molar-refractivity contribution is 5.23. The van der Waals surface area contributed by atoms with Crippen molar-refractivity contribution in [2.75, 3.05) is 0 Å². The van der Waals surface area contributed by atoms with Crippen molar-refractivity contribution in [2.45, 2.75) is 5.92 Å². The normalized spacial score (nSPS) is 29.6. The molecule has 0 heterocycles. The summed E-state index contributed by atoms with van der Waals surface area (Å²) >= 11 is 0. The Kier molecular flexibility index (Phi) is 2.36. The van der Waals surface area contributed by atoms with Crippen LogP contribution in [0.5, 0.6) is 0 Å². The van der Waals surface area contributed by atoms with E-state index in [1.807, 2.05) is 0 Å². The third-order valence-electron chi connectivity index (χ3n) is 1.19. The Morgan fingerprint density at radius 1 is 0.636 bits per heavy atom. The summed E-state index contributed by atoms with van der Waals surface area (Å²) in [5, 5.41) is 0. The minimum atomic E-state index is -2.82. The molecule has 0 aromatic heterocycles. The molecule has 2 heteroatoms. The molecule has 0 atom stereocenters. The van der Waals surface area contributed by atoms with E-state index in [0.717, 1.165) is 12.2 Å². The summed E-state index contributed by atoms with van der Waals surface area (Å²) in [6.45, 7) is 0. The lowest BCUT2D eigenvalue weighted by atomic mass is 10.3. The van der Waals surface area contributed by atoms with Gasteiger partial charge in [0.05, 0.1) is 0 Å². The van der Waals surface area contributed by atoms with Gasteiger partial charge in [-0.25, -0.2) is 0 Å². The van der Waals surface area contributed by atoms with Gasteiger partial charge >= 0.3 is 0 Å². The fourth-order valence-corrected chi connectivity index (χ4v) is 0.680. The summed E-state index contributed by atoms with van der Waals surface area (Å²) in [5.41, 5.74) is 0. The molecule has 0 saturated heterocycles. The number of allylic oxidation sites excluding steroid dienone is 8. The number of rotatable bonds is 0. The second-order valence-electron chi connectivity index (χ2n) is 2.16. The highest BCUT2D eigenvalue weighted by Gasteiger charge is 2.18. The molecule has 0 amide bonds. The van der Waals surface area contributed by atoms with Crippen LogP contribution < -0.4 is 0 Å². The van der Waals surface area contributed by atoms with E-state index in [0.29, 0.717) is 0 Å². The third kappa shape index (κ3) is 2.94. The molecule has 0 nitrogen and oxygen atoms in total. The van der Waals surface area contributed by atoms with Gasteiger partial charge in [0.15, 0.2) is 0 Å². The van der Waals surface area contributed by atoms with Crippen molar-refractivity contribution < 1.29 is 8.78 Å². The fraction of sp³-hybridized carbons (Fsp3) is 0.111. The molecule has 0 saturated carbocycles. The highest BCUT2D eigenvalue weighted by atomic mass is 19.3. The second-order valence-corrected chi connectivity index (χ2v) is 2.16. The Bertz CT molecular complexity index is 208. The molecule has 1 aliphatic rings. The zero-order chi connectivity index (χ0) is 8.16. The van der Waals surface area contributed by atoms with Crippen LogP contribution in [-0.4, -0.2) is 5.92 Å². The summed E-state index contributed by atoms with van der Waals surface area (Å²) in [4.78, 5) is 0. The predicted octanol–water partition coefficient (Wildman–Crippen LogP) is 2.86. The van der Waals surface area contributed by atoms with Crippen LogP contribution in [0.15, 0.2) is 48.6 Å². The van der Waals surface area contributed by atoms with E-state index in [-0.39, 0.29) is 0 Å². The van der Waals surface area contributed by atoms with Crippen molar-refractivity contribution in [2.24, 2.45) is 0 Å². The smallest absolute Gasteiger partial charge is 0.197 e. The van der Waals surface area contributed by atoms with Crippen LogP contribution in [0.4, 0.5) is 8.78 Å².